The van der Waals surface area contributed by atoms with Crippen LogP contribution in [0.3, 0.4) is 0 Å². The van der Waals surface area contributed by atoms with Gasteiger partial charge < -0.3 is 19.9 Å². The Morgan fingerprint density at radius 2 is 2.05 bits per heavy atom. The first kappa shape index (κ1) is 14.6. The number of carboxylic acid groups (broad SMARTS) is 1. The zero-order chi connectivity index (χ0) is 14.7. The summed E-state index contributed by atoms with van der Waals surface area (Å²) < 4.78 is 23.6. The molecule has 1 saturated heterocycles. The van der Waals surface area contributed by atoms with E-state index in [9.17, 15) is 9.18 Å². The van der Waals surface area contributed by atoms with Gasteiger partial charge in [0.15, 0.2) is 11.5 Å². The molecular formula is C14H18FNO4. The molecule has 2 N–H and O–H groups in total. The van der Waals surface area contributed by atoms with Gasteiger partial charge in [0, 0.05) is 12.6 Å². The first-order valence-corrected chi connectivity index (χ1v) is 6.37. The number of hydrogen-bond donors (Lipinski definition) is 2. The molecule has 0 saturated carbocycles. The molecule has 20 heavy (non-hydrogen) atoms. The molecule has 0 radical (unpaired) electrons. The second-order valence-corrected chi connectivity index (χ2v) is 4.77. The molecule has 1 aliphatic heterocycles. The van der Waals surface area contributed by atoms with Crippen molar-refractivity contribution in [2.45, 2.75) is 19.1 Å². The molecule has 1 fully saturated rings. The van der Waals surface area contributed by atoms with Crippen LogP contribution in [0.15, 0.2) is 12.1 Å². The van der Waals surface area contributed by atoms with E-state index >= 15 is 0 Å². The highest BCUT2D eigenvalue weighted by molar-refractivity contribution is 5.71. The number of alkyl halides is 1. The Kier molecular flexibility index (Phi) is 4.44. The largest absolute Gasteiger partial charge is 0.493 e. The molecule has 6 heteroatoms. The SMILES string of the molecule is COc1cc(CF)c(C2CC(C(=O)O)CN2)cc1OC. The molecule has 2 unspecified atom stereocenters. The van der Waals surface area contributed by atoms with Gasteiger partial charge in [-0.2, -0.15) is 0 Å². The van der Waals surface area contributed by atoms with Crippen LogP contribution in [-0.4, -0.2) is 31.8 Å². The Balaban J connectivity index is 2.33. The minimum Gasteiger partial charge on any atom is -0.493 e. The van der Waals surface area contributed by atoms with E-state index in [1.54, 1.807) is 12.1 Å². The zero-order valence-electron chi connectivity index (χ0n) is 11.5. The highest BCUT2D eigenvalue weighted by Crippen LogP contribution is 2.37. The van der Waals surface area contributed by atoms with Gasteiger partial charge in [-0.15, -0.1) is 0 Å². The maximum Gasteiger partial charge on any atom is 0.307 e. The third kappa shape index (κ3) is 2.70. The lowest BCUT2D eigenvalue weighted by molar-refractivity contribution is -0.141. The summed E-state index contributed by atoms with van der Waals surface area (Å²) in [7, 11) is 3.01. The van der Waals surface area contributed by atoms with Crippen LogP contribution in [0.5, 0.6) is 11.5 Å². The average molecular weight is 283 g/mol. The summed E-state index contributed by atoms with van der Waals surface area (Å²) in [6.07, 6.45) is 0.442. The smallest absolute Gasteiger partial charge is 0.307 e. The van der Waals surface area contributed by atoms with Gasteiger partial charge in [0.05, 0.1) is 20.1 Å². The molecule has 0 spiro atoms. The third-order valence-electron chi connectivity index (χ3n) is 3.64. The number of ether oxygens (including phenoxy) is 2. The van der Waals surface area contributed by atoms with E-state index < -0.39 is 18.6 Å². The molecule has 5 nitrogen and oxygen atoms in total. The Hall–Kier alpha value is -1.82. The van der Waals surface area contributed by atoms with Crippen molar-refractivity contribution in [1.29, 1.82) is 0 Å². The van der Waals surface area contributed by atoms with Crippen molar-refractivity contribution in [3.63, 3.8) is 0 Å². The quantitative estimate of drug-likeness (QED) is 0.864. The minimum absolute atomic E-state index is 0.179. The summed E-state index contributed by atoms with van der Waals surface area (Å²) in [5, 5.41) is 12.2. The van der Waals surface area contributed by atoms with E-state index in [2.05, 4.69) is 5.32 Å². The molecule has 0 aromatic heterocycles. The van der Waals surface area contributed by atoms with Crippen LogP contribution >= 0.6 is 0 Å². The van der Waals surface area contributed by atoms with Crippen molar-refractivity contribution < 1.29 is 23.8 Å². The number of benzene rings is 1. The number of carboxylic acids is 1. The molecule has 1 aromatic rings. The molecule has 1 aliphatic rings. The summed E-state index contributed by atoms with van der Waals surface area (Å²) in [5.41, 5.74) is 1.22. The Morgan fingerprint density at radius 1 is 1.40 bits per heavy atom. The standard InChI is InChI=1S/C14H18FNO4/c1-19-12-4-8(6-15)10(5-13(12)20-2)11-3-9(7-16-11)14(17)18/h4-5,9,11,16H,3,6-7H2,1-2H3,(H,17,18). The molecule has 1 heterocycles. The summed E-state index contributed by atoms with van der Waals surface area (Å²) in [4.78, 5) is 11.0. The minimum atomic E-state index is -0.831. The van der Waals surface area contributed by atoms with Gasteiger partial charge in [0.25, 0.3) is 0 Å². The normalized spacial score (nSPS) is 21.8. The second kappa shape index (κ2) is 6.09. The maximum absolute atomic E-state index is 13.2. The van der Waals surface area contributed by atoms with Gasteiger partial charge in [-0.1, -0.05) is 0 Å². The van der Waals surface area contributed by atoms with Gasteiger partial charge in [-0.05, 0) is 29.7 Å². The summed E-state index contributed by atoms with van der Waals surface area (Å²) in [6, 6.07) is 3.14. The maximum atomic E-state index is 13.2. The van der Waals surface area contributed by atoms with Gasteiger partial charge in [0.2, 0.25) is 0 Å². The predicted octanol–water partition coefficient (Wildman–Crippen LogP) is 1.91. The van der Waals surface area contributed by atoms with Gasteiger partial charge >= 0.3 is 5.97 Å². The Morgan fingerprint density at radius 3 is 2.55 bits per heavy atom. The summed E-state index contributed by atoms with van der Waals surface area (Å²) >= 11 is 0. The van der Waals surface area contributed by atoms with Crippen LogP contribution in [-0.2, 0) is 11.5 Å². The van der Waals surface area contributed by atoms with Crippen molar-refractivity contribution in [3.05, 3.63) is 23.3 Å². The van der Waals surface area contributed by atoms with Crippen LogP contribution in [0.4, 0.5) is 4.39 Å². The van der Waals surface area contributed by atoms with Crippen molar-refractivity contribution in [3.8, 4) is 11.5 Å². The average Bonchev–Trinajstić information content (AvgIpc) is 2.95. The lowest BCUT2D eigenvalue weighted by Crippen LogP contribution is -2.17. The molecule has 0 aliphatic carbocycles. The van der Waals surface area contributed by atoms with Gasteiger partial charge in [-0.3, -0.25) is 4.79 Å². The van der Waals surface area contributed by atoms with Crippen LogP contribution in [0.25, 0.3) is 0 Å². The van der Waals surface area contributed by atoms with Crippen LogP contribution in [0.1, 0.15) is 23.6 Å². The number of methoxy groups -OCH3 is 2. The lowest BCUT2D eigenvalue weighted by atomic mass is 9.96. The molecule has 0 bridgehead atoms. The topological polar surface area (TPSA) is 67.8 Å². The molecule has 110 valence electrons. The van der Waals surface area contributed by atoms with E-state index in [0.29, 0.717) is 30.0 Å². The fraction of sp³-hybridized carbons (Fsp3) is 0.500. The molecule has 2 rings (SSSR count). The fourth-order valence-corrected chi connectivity index (χ4v) is 2.54. The number of carbonyl (C=O) groups is 1. The highest BCUT2D eigenvalue weighted by Gasteiger charge is 2.31. The highest BCUT2D eigenvalue weighted by atomic mass is 19.1. The van der Waals surface area contributed by atoms with Crippen molar-refractivity contribution in [1.82, 2.24) is 5.32 Å². The third-order valence-corrected chi connectivity index (χ3v) is 3.64. The van der Waals surface area contributed by atoms with Gasteiger partial charge in [0.1, 0.15) is 6.67 Å². The summed E-state index contributed by atoms with van der Waals surface area (Å²) in [5.74, 6) is -0.292. The van der Waals surface area contributed by atoms with Crippen molar-refractivity contribution in [2.75, 3.05) is 20.8 Å². The zero-order valence-corrected chi connectivity index (χ0v) is 11.5. The lowest BCUT2D eigenvalue weighted by Gasteiger charge is -2.18. The molecule has 0 amide bonds. The van der Waals surface area contributed by atoms with Crippen LogP contribution in [0, 0.1) is 5.92 Å². The van der Waals surface area contributed by atoms with Crippen molar-refractivity contribution in [2.24, 2.45) is 5.92 Å². The number of nitrogens with one attached hydrogen (secondary N) is 1. The number of aliphatic carboxylic acids is 1. The predicted molar refractivity (Wildman–Crippen MR) is 70.8 cm³/mol. The van der Waals surface area contributed by atoms with E-state index in [1.165, 1.54) is 14.2 Å². The first-order chi connectivity index (χ1) is 9.60. The number of halogens is 1. The number of hydrogen-bond acceptors (Lipinski definition) is 4. The van der Waals surface area contributed by atoms with E-state index in [1.807, 2.05) is 0 Å². The Bertz CT molecular complexity index is 506. The van der Waals surface area contributed by atoms with E-state index in [0.717, 1.165) is 5.56 Å². The Labute approximate surface area is 116 Å². The van der Waals surface area contributed by atoms with E-state index in [-0.39, 0.29) is 6.04 Å². The monoisotopic (exact) mass is 283 g/mol. The molecule has 1 aromatic carbocycles. The van der Waals surface area contributed by atoms with Crippen LogP contribution < -0.4 is 14.8 Å². The van der Waals surface area contributed by atoms with Crippen molar-refractivity contribution >= 4 is 5.97 Å². The molecule has 2 atom stereocenters. The summed E-state index contributed by atoms with van der Waals surface area (Å²) in [6.45, 7) is -0.244. The molecular weight excluding hydrogens is 265 g/mol. The number of rotatable bonds is 5. The van der Waals surface area contributed by atoms with Crippen LogP contribution in [0.2, 0.25) is 0 Å². The van der Waals surface area contributed by atoms with Gasteiger partial charge in [-0.25, -0.2) is 4.39 Å². The fourth-order valence-electron chi connectivity index (χ4n) is 2.54. The second-order valence-electron chi connectivity index (χ2n) is 4.77. The first-order valence-electron chi connectivity index (χ1n) is 6.37. The van der Waals surface area contributed by atoms with E-state index in [4.69, 9.17) is 14.6 Å².